The summed E-state index contributed by atoms with van der Waals surface area (Å²) in [7, 11) is -4.07. The number of rotatable bonds is 11. The minimum Gasteiger partial charge on any atom is -0.352 e. The van der Waals surface area contributed by atoms with Gasteiger partial charge in [0.15, 0.2) is 0 Å². The Balaban J connectivity index is 2.06. The number of nitrogens with one attached hydrogen (secondary N) is 1. The molecule has 0 aromatic heterocycles. The van der Waals surface area contributed by atoms with Crippen molar-refractivity contribution in [2.75, 3.05) is 10.8 Å². The van der Waals surface area contributed by atoms with E-state index in [0.717, 1.165) is 19.0 Å². The predicted octanol–water partition coefficient (Wildman–Crippen LogP) is 5.13. The summed E-state index contributed by atoms with van der Waals surface area (Å²) in [5.41, 5.74) is 2.25. The van der Waals surface area contributed by atoms with E-state index >= 15 is 0 Å². The molecule has 0 aliphatic carbocycles. The molecule has 38 heavy (non-hydrogen) atoms. The predicted molar refractivity (Wildman–Crippen MR) is 159 cm³/mol. The Kier molecular flexibility index (Phi) is 10.3. The van der Waals surface area contributed by atoms with Crippen LogP contribution in [0, 0.1) is 10.5 Å². The monoisotopic (exact) mass is 647 g/mol. The van der Waals surface area contributed by atoms with Crippen LogP contribution in [0.2, 0.25) is 0 Å². The van der Waals surface area contributed by atoms with Gasteiger partial charge in [-0.2, -0.15) is 0 Å². The molecule has 7 nitrogen and oxygen atoms in total. The maximum absolute atomic E-state index is 14.0. The van der Waals surface area contributed by atoms with E-state index in [1.54, 1.807) is 42.5 Å². The molecule has 0 fully saturated rings. The first-order valence-corrected chi connectivity index (χ1v) is 15.0. The number of carbonyl (C=O) groups is 2. The standard InChI is InChI=1S/C29H34IN3O4S/c1-5-27(29(35)31-21(2)3)32(19-23-12-10-9-11-22(23)4)28(34)20-33(25-17-15-24(30)16-18-25)38(36,37)26-13-7-6-8-14-26/h6-18,21,27H,5,19-20H2,1-4H3,(H,31,35)/t27-/m1/s1. The largest absolute Gasteiger partial charge is 0.352 e. The van der Waals surface area contributed by atoms with Crippen LogP contribution in [0.1, 0.15) is 38.3 Å². The Bertz CT molecular complexity index is 1350. The number of sulfonamides is 1. The molecule has 0 aliphatic heterocycles. The number of hydrogen-bond donors (Lipinski definition) is 1. The number of carbonyl (C=O) groups excluding carboxylic acids is 2. The van der Waals surface area contributed by atoms with Crippen LogP contribution in [0.15, 0.2) is 83.8 Å². The number of amides is 2. The van der Waals surface area contributed by atoms with Gasteiger partial charge >= 0.3 is 0 Å². The highest BCUT2D eigenvalue weighted by molar-refractivity contribution is 14.1. The van der Waals surface area contributed by atoms with Gasteiger partial charge in [-0.15, -0.1) is 0 Å². The molecule has 9 heteroatoms. The molecule has 202 valence electrons. The number of halogens is 1. The molecule has 0 aliphatic rings. The van der Waals surface area contributed by atoms with Gasteiger partial charge in [0, 0.05) is 16.2 Å². The molecule has 3 rings (SSSR count). The number of benzene rings is 3. The summed E-state index contributed by atoms with van der Waals surface area (Å²) >= 11 is 2.15. The van der Waals surface area contributed by atoms with Crippen LogP contribution in [0.25, 0.3) is 0 Å². The normalized spacial score (nSPS) is 12.2. The van der Waals surface area contributed by atoms with Gasteiger partial charge in [-0.3, -0.25) is 13.9 Å². The van der Waals surface area contributed by atoms with Gasteiger partial charge in [0.1, 0.15) is 12.6 Å². The van der Waals surface area contributed by atoms with Crippen molar-refractivity contribution in [3.8, 4) is 0 Å². The summed E-state index contributed by atoms with van der Waals surface area (Å²) in [4.78, 5) is 28.8. The molecule has 3 aromatic rings. The zero-order valence-electron chi connectivity index (χ0n) is 22.1. The highest BCUT2D eigenvalue weighted by atomic mass is 127. The molecule has 0 saturated heterocycles. The zero-order chi connectivity index (χ0) is 27.9. The van der Waals surface area contributed by atoms with Crippen molar-refractivity contribution in [1.29, 1.82) is 0 Å². The Morgan fingerprint density at radius 1 is 0.921 bits per heavy atom. The SMILES string of the molecule is CC[C@H](C(=O)NC(C)C)N(Cc1ccccc1C)C(=O)CN(c1ccc(I)cc1)S(=O)(=O)c1ccccc1. The van der Waals surface area contributed by atoms with E-state index in [2.05, 4.69) is 27.9 Å². The van der Waals surface area contributed by atoms with E-state index in [4.69, 9.17) is 0 Å². The Morgan fingerprint density at radius 3 is 2.11 bits per heavy atom. The molecular formula is C29H34IN3O4S. The van der Waals surface area contributed by atoms with E-state index < -0.39 is 28.5 Å². The first-order chi connectivity index (χ1) is 18.0. The van der Waals surface area contributed by atoms with E-state index in [1.807, 2.05) is 52.0 Å². The van der Waals surface area contributed by atoms with Gasteiger partial charge in [0.25, 0.3) is 10.0 Å². The van der Waals surface area contributed by atoms with Crippen LogP contribution in [0.5, 0.6) is 0 Å². The lowest BCUT2D eigenvalue weighted by molar-refractivity contribution is -0.140. The van der Waals surface area contributed by atoms with Gasteiger partial charge < -0.3 is 10.2 Å². The second-order valence-corrected chi connectivity index (χ2v) is 12.4. The maximum Gasteiger partial charge on any atom is 0.264 e. The fourth-order valence-corrected chi connectivity index (χ4v) is 5.92. The summed E-state index contributed by atoms with van der Waals surface area (Å²) < 4.78 is 29.6. The number of hydrogen-bond acceptors (Lipinski definition) is 4. The first kappa shape index (κ1) is 29.6. The van der Waals surface area contributed by atoms with Crippen LogP contribution >= 0.6 is 22.6 Å². The Morgan fingerprint density at radius 2 is 1.53 bits per heavy atom. The topological polar surface area (TPSA) is 86.8 Å². The fourth-order valence-electron chi connectivity index (χ4n) is 4.13. The van der Waals surface area contributed by atoms with Gasteiger partial charge in [-0.05, 0) is 97.3 Å². The first-order valence-electron chi connectivity index (χ1n) is 12.5. The lowest BCUT2D eigenvalue weighted by Crippen LogP contribution is -2.53. The fraction of sp³-hybridized carbons (Fsp3) is 0.310. The molecule has 0 spiro atoms. The highest BCUT2D eigenvalue weighted by Crippen LogP contribution is 2.26. The second kappa shape index (κ2) is 13.2. The smallest absolute Gasteiger partial charge is 0.264 e. The molecule has 1 atom stereocenters. The van der Waals surface area contributed by atoms with Gasteiger partial charge in [-0.25, -0.2) is 8.42 Å². The van der Waals surface area contributed by atoms with Crippen molar-refractivity contribution in [2.24, 2.45) is 0 Å². The zero-order valence-corrected chi connectivity index (χ0v) is 25.1. The third-order valence-electron chi connectivity index (χ3n) is 6.14. The van der Waals surface area contributed by atoms with E-state index in [0.29, 0.717) is 12.1 Å². The van der Waals surface area contributed by atoms with Crippen molar-refractivity contribution >= 4 is 50.1 Å². The van der Waals surface area contributed by atoms with Crippen molar-refractivity contribution in [2.45, 2.75) is 57.6 Å². The van der Waals surface area contributed by atoms with E-state index in [1.165, 1.54) is 17.0 Å². The number of anilines is 1. The summed E-state index contributed by atoms with van der Waals surface area (Å²) in [5, 5.41) is 2.91. The van der Waals surface area contributed by atoms with Crippen LogP contribution in [0.4, 0.5) is 5.69 Å². The summed E-state index contributed by atoms with van der Waals surface area (Å²) in [6.07, 6.45) is 0.380. The molecule has 0 saturated carbocycles. The average molecular weight is 648 g/mol. The number of aryl methyl sites for hydroxylation is 1. The van der Waals surface area contributed by atoms with Gasteiger partial charge in [-0.1, -0.05) is 49.4 Å². The van der Waals surface area contributed by atoms with Crippen molar-refractivity contribution in [3.05, 3.63) is 93.6 Å². The highest BCUT2D eigenvalue weighted by Gasteiger charge is 2.34. The summed E-state index contributed by atoms with van der Waals surface area (Å²) in [6.45, 7) is 7.26. The van der Waals surface area contributed by atoms with Crippen LogP contribution in [-0.4, -0.2) is 43.8 Å². The molecule has 0 bridgehead atoms. The minimum absolute atomic E-state index is 0.0846. The lowest BCUT2D eigenvalue weighted by Gasteiger charge is -2.34. The van der Waals surface area contributed by atoms with Crippen LogP contribution in [0.3, 0.4) is 0 Å². The number of nitrogens with zero attached hydrogens (tertiary/aromatic N) is 2. The molecular weight excluding hydrogens is 613 g/mol. The average Bonchev–Trinajstić information content (AvgIpc) is 2.88. The molecule has 0 radical (unpaired) electrons. The van der Waals surface area contributed by atoms with Crippen molar-refractivity contribution < 1.29 is 18.0 Å². The van der Waals surface area contributed by atoms with E-state index in [-0.39, 0.29) is 23.4 Å². The van der Waals surface area contributed by atoms with E-state index in [9.17, 15) is 18.0 Å². The Hall–Kier alpha value is -2.92. The third kappa shape index (κ3) is 7.35. The second-order valence-electron chi connectivity index (χ2n) is 9.34. The van der Waals surface area contributed by atoms with Crippen LogP contribution in [-0.2, 0) is 26.2 Å². The Labute approximate surface area is 239 Å². The quantitative estimate of drug-likeness (QED) is 0.293. The molecule has 0 unspecified atom stereocenters. The lowest BCUT2D eigenvalue weighted by atomic mass is 10.1. The minimum atomic E-state index is -4.07. The third-order valence-corrected chi connectivity index (χ3v) is 8.65. The summed E-state index contributed by atoms with van der Waals surface area (Å²) in [5.74, 6) is -0.728. The maximum atomic E-state index is 14.0. The van der Waals surface area contributed by atoms with Crippen molar-refractivity contribution in [1.82, 2.24) is 10.2 Å². The van der Waals surface area contributed by atoms with Crippen molar-refractivity contribution in [3.63, 3.8) is 0 Å². The van der Waals surface area contributed by atoms with Gasteiger partial charge in [0.2, 0.25) is 11.8 Å². The molecule has 2 amide bonds. The van der Waals surface area contributed by atoms with Gasteiger partial charge in [0.05, 0.1) is 10.6 Å². The summed E-state index contributed by atoms with van der Waals surface area (Å²) in [6, 6.07) is 21.8. The molecule has 1 N–H and O–H groups in total. The molecule has 0 heterocycles. The molecule has 3 aromatic carbocycles. The van der Waals surface area contributed by atoms with Crippen LogP contribution < -0.4 is 9.62 Å².